The molecule has 2 aromatic rings. The molecular weight excluding hydrogens is 412 g/mol. The number of carbonyl (C=O) groups excluding carboxylic acids is 2. The Morgan fingerprint density at radius 1 is 1.16 bits per heavy atom. The first-order valence-electron chi connectivity index (χ1n) is 11.0. The number of nitrogens with zero attached hydrogens (tertiary/aromatic N) is 1. The number of halogens is 1. The van der Waals surface area contributed by atoms with Gasteiger partial charge in [0.15, 0.2) is 6.61 Å². The molecule has 1 saturated carbocycles. The second kappa shape index (κ2) is 11.2. The number of benzene rings is 2. The Balaban J connectivity index is 1.76. The molecule has 2 amide bonds. The van der Waals surface area contributed by atoms with E-state index >= 15 is 0 Å². The first-order chi connectivity index (χ1) is 15.0. The van der Waals surface area contributed by atoms with Gasteiger partial charge in [-0.05, 0) is 49.9 Å². The first-order valence-corrected chi connectivity index (χ1v) is 11.4. The van der Waals surface area contributed by atoms with E-state index in [1.165, 1.54) is 0 Å². The molecule has 6 heteroatoms. The molecule has 0 bridgehead atoms. The van der Waals surface area contributed by atoms with Crippen molar-refractivity contribution in [2.75, 3.05) is 6.61 Å². The monoisotopic (exact) mass is 442 g/mol. The van der Waals surface area contributed by atoms with Crippen molar-refractivity contribution in [1.29, 1.82) is 0 Å². The lowest BCUT2D eigenvalue weighted by molar-refractivity contribution is -0.143. The van der Waals surface area contributed by atoms with Crippen molar-refractivity contribution in [1.82, 2.24) is 10.2 Å². The summed E-state index contributed by atoms with van der Waals surface area (Å²) in [7, 11) is 0. The Morgan fingerprint density at radius 2 is 1.90 bits per heavy atom. The molecule has 2 aromatic carbocycles. The molecule has 1 N–H and O–H groups in total. The lowest BCUT2D eigenvalue weighted by Crippen LogP contribution is -2.52. The van der Waals surface area contributed by atoms with Crippen molar-refractivity contribution in [2.45, 2.75) is 64.6 Å². The van der Waals surface area contributed by atoms with E-state index in [0.717, 1.165) is 36.8 Å². The highest BCUT2D eigenvalue weighted by Gasteiger charge is 2.30. The van der Waals surface area contributed by atoms with E-state index in [-0.39, 0.29) is 24.5 Å². The normalized spacial score (nSPS) is 14.8. The maximum absolute atomic E-state index is 13.2. The van der Waals surface area contributed by atoms with Crippen LogP contribution in [0.5, 0.6) is 5.75 Å². The summed E-state index contributed by atoms with van der Waals surface area (Å²) in [6.45, 7) is 4.16. The van der Waals surface area contributed by atoms with E-state index in [9.17, 15) is 9.59 Å². The summed E-state index contributed by atoms with van der Waals surface area (Å²) in [5, 5.41) is 3.70. The standard InChI is InChI=1S/C25H31ClN2O3/c1-3-23(25(30)27-21-11-4-5-12-21)28(16-19-9-6-8-18(2)14-19)24(29)17-31-22-13-7-10-20(26)15-22/h6-10,13-15,21,23H,3-5,11-12,16-17H2,1-2H3,(H,27,30)/t23-/m0/s1. The summed E-state index contributed by atoms with van der Waals surface area (Å²) in [4.78, 5) is 28.0. The van der Waals surface area contributed by atoms with Crippen LogP contribution in [0.15, 0.2) is 48.5 Å². The van der Waals surface area contributed by atoms with Gasteiger partial charge < -0.3 is 15.0 Å². The van der Waals surface area contributed by atoms with Crippen LogP contribution < -0.4 is 10.1 Å². The lowest BCUT2D eigenvalue weighted by Gasteiger charge is -2.31. The van der Waals surface area contributed by atoms with Gasteiger partial charge >= 0.3 is 0 Å². The van der Waals surface area contributed by atoms with Crippen LogP contribution in [0.3, 0.4) is 0 Å². The smallest absolute Gasteiger partial charge is 0.261 e. The van der Waals surface area contributed by atoms with Gasteiger partial charge in [-0.1, -0.05) is 67.3 Å². The first kappa shape index (κ1) is 23.1. The quantitative estimate of drug-likeness (QED) is 0.601. The van der Waals surface area contributed by atoms with Crippen LogP contribution in [0.25, 0.3) is 0 Å². The Bertz CT molecular complexity index is 896. The molecular formula is C25H31ClN2O3. The third-order valence-electron chi connectivity index (χ3n) is 5.68. The zero-order valence-corrected chi connectivity index (χ0v) is 19.0. The van der Waals surface area contributed by atoms with E-state index in [1.54, 1.807) is 29.2 Å². The summed E-state index contributed by atoms with van der Waals surface area (Å²) >= 11 is 6.01. The number of amides is 2. The number of aryl methyl sites for hydroxylation is 1. The average molecular weight is 443 g/mol. The molecule has 0 spiro atoms. The predicted octanol–water partition coefficient (Wildman–Crippen LogP) is 4.89. The summed E-state index contributed by atoms with van der Waals surface area (Å²) in [6, 6.07) is 14.6. The molecule has 0 saturated heterocycles. The minimum atomic E-state index is -0.545. The molecule has 0 aromatic heterocycles. The number of hydrogen-bond donors (Lipinski definition) is 1. The number of nitrogens with one attached hydrogen (secondary N) is 1. The number of hydrogen-bond acceptors (Lipinski definition) is 3. The minimum absolute atomic E-state index is 0.0850. The van der Waals surface area contributed by atoms with Crippen LogP contribution in [0.2, 0.25) is 5.02 Å². The third-order valence-corrected chi connectivity index (χ3v) is 5.92. The molecule has 0 radical (unpaired) electrons. The van der Waals surface area contributed by atoms with Gasteiger partial charge in [-0.2, -0.15) is 0 Å². The van der Waals surface area contributed by atoms with E-state index in [0.29, 0.717) is 23.7 Å². The van der Waals surface area contributed by atoms with Crippen LogP contribution in [-0.2, 0) is 16.1 Å². The van der Waals surface area contributed by atoms with E-state index in [1.807, 2.05) is 38.1 Å². The van der Waals surface area contributed by atoms with Gasteiger partial charge in [0.1, 0.15) is 11.8 Å². The van der Waals surface area contributed by atoms with Gasteiger partial charge in [0, 0.05) is 17.6 Å². The van der Waals surface area contributed by atoms with Gasteiger partial charge in [-0.15, -0.1) is 0 Å². The number of carbonyl (C=O) groups is 2. The maximum atomic E-state index is 13.2. The minimum Gasteiger partial charge on any atom is -0.484 e. The lowest BCUT2D eigenvalue weighted by atomic mass is 10.1. The fourth-order valence-corrected chi connectivity index (χ4v) is 4.26. The molecule has 1 fully saturated rings. The molecule has 5 nitrogen and oxygen atoms in total. The fraction of sp³-hybridized carbons (Fsp3) is 0.440. The van der Waals surface area contributed by atoms with E-state index in [4.69, 9.17) is 16.3 Å². The van der Waals surface area contributed by atoms with Gasteiger partial charge in [0.2, 0.25) is 5.91 Å². The van der Waals surface area contributed by atoms with E-state index < -0.39 is 6.04 Å². The Labute approximate surface area is 189 Å². The van der Waals surface area contributed by atoms with Crippen LogP contribution >= 0.6 is 11.6 Å². The highest BCUT2D eigenvalue weighted by atomic mass is 35.5. The molecule has 1 aliphatic rings. The highest BCUT2D eigenvalue weighted by molar-refractivity contribution is 6.30. The van der Waals surface area contributed by atoms with Crippen molar-refractivity contribution in [3.8, 4) is 5.75 Å². The van der Waals surface area contributed by atoms with Gasteiger partial charge in [0.05, 0.1) is 0 Å². The Kier molecular flexibility index (Phi) is 8.35. The maximum Gasteiger partial charge on any atom is 0.261 e. The SMILES string of the molecule is CC[C@@H](C(=O)NC1CCCC1)N(Cc1cccc(C)c1)C(=O)COc1cccc(Cl)c1. The Morgan fingerprint density at radius 3 is 2.58 bits per heavy atom. The molecule has 1 atom stereocenters. The molecule has 0 unspecified atom stereocenters. The summed E-state index contributed by atoms with van der Waals surface area (Å²) in [6.07, 6.45) is 4.83. The second-order valence-corrected chi connectivity index (χ2v) is 8.61. The number of rotatable bonds is 9. The number of ether oxygens (including phenoxy) is 1. The average Bonchev–Trinajstić information content (AvgIpc) is 3.25. The topological polar surface area (TPSA) is 58.6 Å². The highest BCUT2D eigenvalue weighted by Crippen LogP contribution is 2.20. The van der Waals surface area contributed by atoms with Crippen molar-refractivity contribution >= 4 is 23.4 Å². The second-order valence-electron chi connectivity index (χ2n) is 8.17. The summed E-state index contributed by atoms with van der Waals surface area (Å²) in [5.41, 5.74) is 2.10. The van der Waals surface area contributed by atoms with Gasteiger partial charge in [0.25, 0.3) is 5.91 Å². The van der Waals surface area contributed by atoms with Crippen LogP contribution in [-0.4, -0.2) is 35.4 Å². The largest absolute Gasteiger partial charge is 0.484 e. The Hall–Kier alpha value is -2.53. The van der Waals surface area contributed by atoms with Crippen molar-refractivity contribution < 1.29 is 14.3 Å². The van der Waals surface area contributed by atoms with Crippen LogP contribution in [0.4, 0.5) is 0 Å². The molecule has 1 aliphatic carbocycles. The fourth-order valence-electron chi connectivity index (χ4n) is 4.08. The molecule has 3 rings (SSSR count). The third kappa shape index (κ3) is 6.73. The van der Waals surface area contributed by atoms with Gasteiger partial charge in [-0.3, -0.25) is 9.59 Å². The zero-order chi connectivity index (χ0) is 22.2. The van der Waals surface area contributed by atoms with Crippen molar-refractivity contribution in [3.63, 3.8) is 0 Å². The van der Waals surface area contributed by atoms with Crippen molar-refractivity contribution in [3.05, 3.63) is 64.7 Å². The predicted molar refractivity (Wildman–Crippen MR) is 123 cm³/mol. The van der Waals surface area contributed by atoms with Crippen molar-refractivity contribution in [2.24, 2.45) is 0 Å². The molecule has 166 valence electrons. The molecule has 0 aliphatic heterocycles. The molecule has 31 heavy (non-hydrogen) atoms. The summed E-state index contributed by atoms with van der Waals surface area (Å²) in [5.74, 6) is 0.216. The zero-order valence-electron chi connectivity index (χ0n) is 18.3. The molecule has 0 heterocycles. The van der Waals surface area contributed by atoms with Gasteiger partial charge in [-0.25, -0.2) is 0 Å². The van der Waals surface area contributed by atoms with Crippen LogP contribution in [0, 0.1) is 6.92 Å². The van der Waals surface area contributed by atoms with E-state index in [2.05, 4.69) is 5.32 Å². The summed E-state index contributed by atoms with van der Waals surface area (Å²) < 4.78 is 5.69. The van der Waals surface area contributed by atoms with Crippen LogP contribution in [0.1, 0.15) is 50.2 Å².